The molecule has 0 fully saturated rings. The molecule has 1 N–H and O–H groups in total. The molecule has 0 aromatic heterocycles. The van der Waals surface area contributed by atoms with E-state index >= 15 is 0 Å². The zero-order valence-electron chi connectivity index (χ0n) is 12.7. The van der Waals surface area contributed by atoms with Crippen molar-refractivity contribution in [3.63, 3.8) is 0 Å². The maximum atomic E-state index is 12.0. The highest BCUT2D eigenvalue weighted by Gasteiger charge is 2.14. The minimum Gasteiger partial charge on any atom is -0.481 e. The highest BCUT2D eigenvalue weighted by atomic mass is 16.5. The number of amides is 1. The largest absolute Gasteiger partial charge is 0.481 e. The molecular formula is C18H21NO2. The average Bonchev–Trinajstić information content (AvgIpc) is 2.47. The molecule has 2 aromatic rings. The Morgan fingerprint density at radius 2 is 1.81 bits per heavy atom. The summed E-state index contributed by atoms with van der Waals surface area (Å²) in [7, 11) is 0. The topological polar surface area (TPSA) is 38.3 Å². The van der Waals surface area contributed by atoms with Gasteiger partial charge in [0.15, 0.2) is 6.10 Å². The number of carbonyl (C=O) groups is 1. The number of ether oxygens (including phenoxy) is 1. The van der Waals surface area contributed by atoms with Crippen molar-refractivity contribution in [2.75, 3.05) is 0 Å². The molecule has 110 valence electrons. The summed E-state index contributed by atoms with van der Waals surface area (Å²) >= 11 is 0. The molecule has 0 saturated carbocycles. The van der Waals surface area contributed by atoms with Crippen LogP contribution >= 0.6 is 0 Å². The third-order valence-electron chi connectivity index (χ3n) is 3.25. The van der Waals surface area contributed by atoms with Crippen LogP contribution in [0.5, 0.6) is 5.75 Å². The summed E-state index contributed by atoms with van der Waals surface area (Å²) in [6, 6.07) is 15.8. The van der Waals surface area contributed by atoms with E-state index in [1.807, 2.05) is 56.3 Å². The molecule has 3 nitrogen and oxygen atoms in total. The van der Waals surface area contributed by atoms with Crippen LogP contribution < -0.4 is 10.1 Å². The van der Waals surface area contributed by atoms with E-state index in [1.165, 1.54) is 11.1 Å². The van der Waals surface area contributed by atoms with Crippen LogP contribution in [-0.4, -0.2) is 12.0 Å². The van der Waals surface area contributed by atoms with Crippen molar-refractivity contribution in [3.8, 4) is 5.75 Å². The lowest BCUT2D eigenvalue weighted by atomic mass is 10.1. The third-order valence-corrected chi connectivity index (χ3v) is 3.25. The monoisotopic (exact) mass is 283 g/mol. The highest BCUT2D eigenvalue weighted by Crippen LogP contribution is 2.13. The molecular weight excluding hydrogens is 262 g/mol. The molecule has 0 aliphatic heterocycles. The van der Waals surface area contributed by atoms with Gasteiger partial charge < -0.3 is 10.1 Å². The molecule has 21 heavy (non-hydrogen) atoms. The summed E-state index contributed by atoms with van der Waals surface area (Å²) < 4.78 is 5.63. The minimum absolute atomic E-state index is 0.114. The molecule has 0 aliphatic carbocycles. The Morgan fingerprint density at radius 3 is 2.48 bits per heavy atom. The molecule has 2 aromatic carbocycles. The van der Waals surface area contributed by atoms with Gasteiger partial charge in [-0.15, -0.1) is 0 Å². The van der Waals surface area contributed by atoms with Gasteiger partial charge in [0.1, 0.15) is 5.75 Å². The average molecular weight is 283 g/mol. The summed E-state index contributed by atoms with van der Waals surface area (Å²) in [5.74, 6) is 0.593. The van der Waals surface area contributed by atoms with Gasteiger partial charge in [0.05, 0.1) is 0 Å². The molecule has 0 bridgehead atoms. The number of nitrogens with one attached hydrogen (secondary N) is 1. The fourth-order valence-corrected chi connectivity index (χ4v) is 2.03. The SMILES string of the molecule is Cc1ccc(OC(C)C(=O)NCc2cccc(C)c2)cc1. The van der Waals surface area contributed by atoms with E-state index in [1.54, 1.807) is 6.92 Å². The number of benzene rings is 2. The first-order valence-electron chi connectivity index (χ1n) is 7.11. The van der Waals surface area contributed by atoms with Crippen molar-refractivity contribution < 1.29 is 9.53 Å². The zero-order valence-corrected chi connectivity index (χ0v) is 12.7. The normalized spacial score (nSPS) is 11.8. The number of rotatable bonds is 5. The molecule has 0 aliphatic rings. The van der Waals surface area contributed by atoms with Gasteiger partial charge in [0.2, 0.25) is 0 Å². The molecule has 3 heteroatoms. The van der Waals surface area contributed by atoms with E-state index in [0.29, 0.717) is 12.3 Å². The Balaban J connectivity index is 1.86. The number of carbonyl (C=O) groups excluding carboxylic acids is 1. The van der Waals surface area contributed by atoms with E-state index < -0.39 is 6.10 Å². The van der Waals surface area contributed by atoms with E-state index in [0.717, 1.165) is 5.56 Å². The van der Waals surface area contributed by atoms with Crippen molar-refractivity contribution >= 4 is 5.91 Å². The van der Waals surface area contributed by atoms with Gasteiger partial charge in [-0.1, -0.05) is 47.5 Å². The summed E-state index contributed by atoms with van der Waals surface area (Å²) in [5, 5.41) is 2.89. The summed E-state index contributed by atoms with van der Waals surface area (Å²) in [4.78, 5) is 12.0. The molecule has 0 radical (unpaired) electrons. The van der Waals surface area contributed by atoms with Gasteiger partial charge in [-0.25, -0.2) is 0 Å². The van der Waals surface area contributed by atoms with Crippen molar-refractivity contribution in [3.05, 3.63) is 65.2 Å². The van der Waals surface area contributed by atoms with E-state index in [9.17, 15) is 4.79 Å². The van der Waals surface area contributed by atoms with E-state index in [-0.39, 0.29) is 5.91 Å². The predicted molar refractivity (Wildman–Crippen MR) is 84.3 cm³/mol. The fraction of sp³-hybridized carbons (Fsp3) is 0.278. The second-order valence-corrected chi connectivity index (χ2v) is 5.28. The Bertz CT molecular complexity index is 605. The molecule has 1 amide bonds. The lowest BCUT2D eigenvalue weighted by Gasteiger charge is -2.15. The number of hydrogen-bond donors (Lipinski definition) is 1. The van der Waals surface area contributed by atoms with Gasteiger partial charge in [-0.05, 0) is 38.5 Å². The van der Waals surface area contributed by atoms with Crippen molar-refractivity contribution in [2.24, 2.45) is 0 Å². The smallest absolute Gasteiger partial charge is 0.261 e. The van der Waals surface area contributed by atoms with Crippen LogP contribution in [-0.2, 0) is 11.3 Å². The van der Waals surface area contributed by atoms with Crippen LogP contribution in [0, 0.1) is 13.8 Å². The summed E-state index contributed by atoms with van der Waals surface area (Å²) in [6.45, 7) is 6.32. The maximum Gasteiger partial charge on any atom is 0.261 e. The number of aryl methyl sites for hydroxylation is 2. The molecule has 2 rings (SSSR count). The zero-order chi connectivity index (χ0) is 15.2. The Hall–Kier alpha value is -2.29. The van der Waals surface area contributed by atoms with E-state index in [2.05, 4.69) is 11.4 Å². The first-order chi connectivity index (χ1) is 10.0. The molecule has 1 unspecified atom stereocenters. The Morgan fingerprint density at radius 1 is 1.10 bits per heavy atom. The lowest BCUT2D eigenvalue weighted by molar-refractivity contribution is -0.127. The van der Waals surface area contributed by atoms with Gasteiger partial charge in [-0.2, -0.15) is 0 Å². The Kier molecular flexibility index (Phi) is 4.99. The third kappa shape index (κ3) is 4.63. The second-order valence-electron chi connectivity index (χ2n) is 5.28. The highest BCUT2D eigenvalue weighted by molar-refractivity contribution is 5.80. The molecule has 0 saturated heterocycles. The summed E-state index contributed by atoms with van der Waals surface area (Å²) in [5.41, 5.74) is 3.44. The number of hydrogen-bond acceptors (Lipinski definition) is 2. The van der Waals surface area contributed by atoms with Crippen molar-refractivity contribution in [2.45, 2.75) is 33.4 Å². The van der Waals surface area contributed by atoms with Crippen LogP contribution in [0.2, 0.25) is 0 Å². The van der Waals surface area contributed by atoms with Gasteiger partial charge in [-0.3, -0.25) is 4.79 Å². The van der Waals surface area contributed by atoms with Crippen LogP contribution in [0.1, 0.15) is 23.6 Å². The van der Waals surface area contributed by atoms with Gasteiger partial charge in [0, 0.05) is 6.54 Å². The minimum atomic E-state index is -0.516. The van der Waals surface area contributed by atoms with Crippen LogP contribution in [0.25, 0.3) is 0 Å². The first kappa shape index (κ1) is 15.1. The Labute approximate surface area is 126 Å². The summed E-state index contributed by atoms with van der Waals surface area (Å²) in [6.07, 6.45) is -0.516. The van der Waals surface area contributed by atoms with Gasteiger partial charge >= 0.3 is 0 Å². The van der Waals surface area contributed by atoms with E-state index in [4.69, 9.17) is 4.74 Å². The predicted octanol–water partition coefficient (Wildman–Crippen LogP) is 3.39. The van der Waals surface area contributed by atoms with Gasteiger partial charge in [0.25, 0.3) is 5.91 Å². The quantitative estimate of drug-likeness (QED) is 0.913. The van der Waals surface area contributed by atoms with Crippen LogP contribution in [0.4, 0.5) is 0 Å². The fourth-order valence-electron chi connectivity index (χ4n) is 2.03. The molecule has 0 heterocycles. The maximum absolute atomic E-state index is 12.0. The molecule has 0 spiro atoms. The van der Waals surface area contributed by atoms with Crippen molar-refractivity contribution in [1.82, 2.24) is 5.32 Å². The van der Waals surface area contributed by atoms with Crippen molar-refractivity contribution in [1.29, 1.82) is 0 Å². The van der Waals surface area contributed by atoms with Crippen LogP contribution in [0.15, 0.2) is 48.5 Å². The first-order valence-corrected chi connectivity index (χ1v) is 7.11. The standard InChI is InChI=1S/C18H21NO2/c1-13-7-9-17(10-8-13)21-15(3)18(20)19-12-16-6-4-5-14(2)11-16/h4-11,15H,12H2,1-3H3,(H,19,20). The molecule has 1 atom stereocenters. The second kappa shape index (κ2) is 6.93. The van der Waals surface area contributed by atoms with Crippen LogP contribution in [0.3, 0.4) is 0 Å². The lowest BCUT2D eigenvalue weighted by Crippen LogP contribution is -2.35.